The molecule has 3 heteroatoms. The number of methoxy groups -OCH3 is 1. The van der Waals surface area contributed by atoms with Crippen molar-refractivity contribution in [2.45, 2.75) is 44.6 Å². The molecule has 0 heterocycles. The van der Waals surface area contributed by atoms with Crippen LogP contribution in [-0.4, -0.2) is 44.3 Å². The van der Waals surface area contributed by atoms with Gasteiger partial charge in [0.1, 0.15) is 0 Å². The number of likely N-dealkylation sites (N-methyl/N-ethyl adjacent to an activating group) is 1. The van der Waals surface area contributed by atoms with Gasteiger partial charge in [0.05, 0.1) is 0 Å². The Labute approximate surface area is 100 Å². The van der Waals surface area contributed by atoms with E-state index >= 15 is 0 Å². The minimum absolute atomic E-state index is 0.0958. The molecule has 1 atom stereocenters. The van der Waals surface area contributed by atoms with Gasteiger partial charge in [-0.25, -0.2) is 0 Å². The molecule has 0 spiro atoms. The molecule has 16 heavy (non-hydrogen) atoms. The van der Waals surface area contributed by atoms with Gasteiger partial charge in [0.15, 0.2) is 0 Å². The number of ether oxygens (including phenoxy) is 1. The van der Waals surface area contributed by atoms with Gasteiger partial charge in [-0.15, -0.1) is 0 Å². The molecule has 0 radical (unpaired) electrons. The summed E-state index contributed by atoms with van der Waals surface area (Å²) < 4.78 is 5.18. The van der Waals surface area contributed by atoms with Gasteiger partial charge in [0.25, 0.3) is 0 Å². The average molecular weight is 228 g/mol. The molecule has 3 nitrogen and oxygen atoms in total. The standard InChI is InChI=1S/C13H28N2O/c1-13(11-14,8-9-16-3)15(2)10-12-6-4-5-7-12/h12H,4-11,14H2,1-3H3. The van der Waals surface area contributed by atoms with Crippen LogP contribution in [0.3, 0.4) is 0 Å². The van der Waals surface area contributed by atoms with Gasteiger partial charge in [-0.2, -0.15) is 0 Å². The van der Waals surface area contributed by atoms with E-state index in [4.69, 9.17) is 10.5 Å². The van der Waals surface area contributed by atoms with Crippen molar-refractivity contribution in [2.24, 2.45) is 11.7 Å². The highest BCUT2D eigenvalue weighted by Crippen LogP contribution is 2.28. The van der Waals surface area contributed by atoms with Crippen molar-refractivity contribution in [1.82, 2.24) is 4.90 Å². The molecule has 2 N–H and O–H groups in total. The second-order valence-electron chi connectivity index (χ2n) is 5.47. The summed E-state index contributed by atoms with van der Waals surface area (Å²) in [6, 6.07) is 0. The van der Waals surface area contributed by atoms with Gasteiger partial charge in [-0.3, -0.25) is 4.90 Å². The van der Waals surface area contributed by atoms with Gasteiger partial charge >= 0.3 is 0 Å². The minimum Gasteiger partial charge on any atom is -0.385 e. The number of hydrogen-bond acceptors (Lipinski definition) is 3. The molecule has 1 aliphatic rings. The van der Waals surface area contributed by atoms with E-state index in [2.05, 4.69) is 18.9 Å². The van der Waals surface area contributed by atoms with Gasteiger partial charge < -0.3 is 10.5 Å². The summed E-state index contributed by atoms with van der Waals surface area (Å²) in [6.45, 7) is 4.95. The van der Waals surface area contributed by atoms with E-state index in [1.807, 2.05) is 0 Å². The number of hydrogen-bond donors (Lipinski definition) is 1. The molecule has 1 aliphatic carbocycles. The van der Waals surface area contributed by atoms with Crippen molar-refractivity contribution >= 4 is 0 Å². The molecule has 0 aromatic rings. The summed E-state index contributed by atoms with van der Waals surface area (Å²) >= 11 is 0. The normalized spacial score (nSPS) is 21.6. The van der Waals surface area contributed by atoms with E-state index in [9.17, 15) is 0 Å². The highest BCUT2D eigenvalue weighted by atomic mass is 16.5. The SMILES string of the molecule is COCCC(C)(CN)N(C)CC1CCCC1. The van der Waals surface area contributed by atoms with Crippen molar-refractivity contribution in [3.05, 3.63) is 0 Å². The van der Waals surface area contributed by atoms with E-state index in [1.165, 1.54) is 32.2 Å². The highest BCUT2D eigenvalue weighted by molar-refractivity contribution is 4.87. The van der Waals surface area contributed by atoms with Crippen LogP contribution >= 0.6 is 0 Å². The molecule has 96 valence electrons. The predicted octanol–water partition coefficient (Wildman–Crippen LogP) is 1.86. The molecular weight excluding hydrogens is 200 g/mol. The first kappa shape index (κ1) is 13.9. The summed E-state index contributed by atoms with van der Waals surface area (Å²) in [5, 5.41) is 0. The summed E-state index contributed by atoms with van der Waals surface area (Å²) in [5.41, 5.74) is 6.02. The fourth-order valence-corrected chi connectivity index (χ4v) is 2.57. The zero-order chi connectivity index (χ0) is 12.0. The lowest BCUT2D eigenvalue weighted by atomic mass is 9.94. The number of nitrogens with two attached hydrogens (primary N) is 1. The van der Waals surface area contributed by atoms with Crippen molar-refractivity contribution in [3.8, 4) is 0 Å². The van der Waals surface area contributed by atoms with Crippen LogP contribution in [0, 0.1) is 5.92 Å². The fourth-order valence-electron chi connectivity index (χ4n) is 2.57. The Balaban J connectivity index is 2.42. The second-order valence-corrected chi connectivity index (χ2v) is 5.47. The lowest BCUT2D eigenvalue weighted by Gasteiger charge is -2.39. The number of nitrogens with zero attached hydrogens (tertiary/aromatic N) is 1. The van der Waals surface area contributed by atoms with Crippen LogP contribution in [0.1, 0.15) is 39.0 Å². The summed E-state index contributed by atoms with van der Waals surface area (Å²) in [5.74, 6) is 0.887. The van der Waals surface area contributed by atoms with Crippen molar-refractivity contribution in [2.75, 3.05) is 33.9 Å². The zero-order valence-electron chi connectivity index (χ0n) is 11.2. The summed E-state index contributed by atoms with van der Waals surface area (Å²) in [7, 11) is 3.97. The molecule has 0 aromatic heterocycles. The maximum absolute atomic E-state index is 5.93. The maximum Gasteiger partial charge on any atom is 0.0480 e. The molecule has 1 fully saturated rings. The molecule has 1 rings (SSSR count). The lowest BCUT2D eigenvalue weighted by Crippen LogP contribution is -2.51. The molecule has 0 saturated heterocycles. The van der Waals surface area contributed by atoms with E-state index in [0.717, 1.165) is 18.9 Å². The Hall–Kier alpha value is -0.120. The van der Waals surface area contributed by atoms with Crippen molar-refractivity contribution < 1.29 is 4.74 Å². The Morgan fingerprint density at radius 2 is 2.00 bits per heavy atom. The second kappa shape index (κ2) is 6.58. The molecule has 0 aliphatic heterocycles. The first-order chi connectivity index (χ1) is 7.62. The smallest absolute Gasteiger partial charge is 0.0480 e. The Morgan fingerprint density at radius 3 is 2.50 bits per heavy atom. The molecule has 0 bridgehead atoms. The zero-order valence-corrected chi connectivity index (χ0v) is 11.2. The molecule has 1 unspecified atom stereocenters. The lowest BCUT2D eigenvalue weighted by molar-refractivity contribution is 0.0775. The van der Waals surface area contributed by atoms with Crippen LogP contribution in [0.5, 0.6) is 0 Å². The Bertz CT molecular complexity index is 192. The number of rotatable bonds is 7. The topological polar surface area (TPSA) is 38.5 Å². The molecule has 0 amide bonds. The first-order valence-corrected chi connectivity index (χ1v) is 6.52. The van der Waals surface area contributed by atoms with Crippen molar-refractivity contribution in [1.29, 1.82) is 0 Å². The van der Waals surface area contributed by atoms with Crippen molar-refractivity contribution in [3.63, 3.8) is 0 Å². The van der Waals surface area contributed by atoms with E-state index in [-0.39, 0.29) is 5.54 Å². The van der Waals surface area contributed by atoms with Gasteiger partial charge in [-0.1, -0.05) is 12.8 Å². The summed E-state index contributed by atoms with van der Waals surface area (Å²) in [6.07, 6.45) is 6.64. The monoisotopic (exact) mass is 228 g/mol. The first-order valence-electron chi connectivity index (χ1n) is 6.52. The van der Waals surface area contributed by atoms with Crippen LogP contribution < -0.4 is 5.73 Å². The Morgan fingerprint density at radius 1 is 1.38 bits per heavy atom. The van der Waals surface area contributed by atoms with Crippen LogP contribution in [0.25, 0.3) is 0 Å². The maximum atomic E-state index is 5.93. The highest BCUT2D eigenvalue weighted by Gasteiger charge is 2.29. The van der Waals surface area contributed by atoms with E-state index in [0.29, 0.717) is 6.54 Å². The largest absolute Gasteiger partial charge is 0.385 e. The van der Waals surface area contributed by atoms with Crippen LogP contribution in [0.15, 0.2) is 0 Å². The van der Waals surface area contributed by atoms with Gasteiger partial charge in [0.2, 0.25) is 0 Å². The predicted molar refractivity (Wildman–Crippen MR) is 68.5 cm³/mol. The van der Waals surface area contributed by atoms with E-state index in [1.54, 1.807) is 7.11 Å². The molecule has 1 saturated carbocycles. The third kappa shape index (κ3) is 3.72. The average Bonchev–Trinajstić information content (AvgIpc) is 2.78. The van der Waals surface area contributed by atoms with Crippen LogP contribution in [0.2, 0.25) is 0 Å². The van der Waals surface area contributed by atoms with Crippen LogP contribution in [0.4, 0.5) is 0 Å². The van der Waals surface area contributed by atoms with Gasteiger partial charge in [0, 0.05) is 32.3 Å². The Kier molecular flexibility index (Phi) is 5.73. The van der Waals surface area contributed by atoms with Crippen LogP contribution in [-0.2, 0) is 4.74 Å². The summed E-state index contributed by atoms with van der Waals surface area (Å²) in [4.78, 5) is 2.45. The minimum atomic E-state index is 0.0958. The van der Waals surface area contributed by atoms with E-state index < -0.39 is 0 Å². The molecular formula is C13H28N2O. The van der Waals surface area contributed by atoms with Gasteiger partial charge in [-0.05, 0) is 39.2 Å². The third-order valence-corrected chi connectivity index (χ3v) is 4.21. The fraction of sp³-hybridized carbons (Fsp3) is 1.00. The third-order valence-electron chi connectivity index (χ3n) is 4.21. The molecule has 0 aromatic carbocycles. The quantitative estimate of drug-likeness (QED) is 0.723.